The van der Waals surface area contributed by atoms with Crippen LogP contribution in [0.3, 0.4) is 0 Å². The quantitative estimate of drug-likeness (QED) is 0.921. The van der Waals surface area contributed by atoms with Gasteiger partial charge in [0.05, 0.1) is 19.8 Å². The Kier molecular flexibility index (Phi) is 3.40. The van der Waals surface area contributed by atoms with Gasteiger partial charge in [0.1, 0.15) is 22.6 Å². The number of hydrogen-bond donors (Lipinski definition) is 1. The summed E-state index contributed by atoms with van der Waals surface area (Å²) >= 11 is 1.35. The second-order valence-electron chi connectivity index (χ2n) is 3.57. The Labute approximate surface area is 109 Å². The average Bonchev–Trinajstić information content (AvgIpc) is 2.78. The van der Waals surface area contributed by atoms with Crippen LogP contribution in [0.1, 0.15) is 5.56 Å². The first-order chi connectivity index (χ1) is 8.71. The van der Waals surface area contributed by atoms with E-state index >= 15 is 0 Å². The van der Waals surface area contributed by atoms with Crippen LogP contribution in [-0.4, -0.2) is 14.2 Å². The van der Waals surface area contributed by atoms with E-state index in [1.807, 2.05) is 17.5 Å². The molecule has 0 atom stereocenters. The van der Waals surface area contributed by atoms with Crippen molar-refractivity contribution in [2.24, 2.45) is 0 Å². The van der Waals surface area contributed by atoms with Gasteiger partial charge in [-0.25, -0.2) is 0 Å². The molecule has 0 unspecified atom stereocenters. The average molecular weight is 260 g/mol. The lowest BCUT2D eigenvalue weighted by atomic mass is 10.0. The number of benzene rings is 1. The Morgan fingerprint density at radius 3 is 2.61 bits per heavy atom. The summed E-state index contributed by atoms with van der Waals surface area (Å²) in [5.74, 6) is 1.36. The van der Waals surface area contributed by atoms with Gasteiger partial charge in [-0.15, -0.1) is 11.3 Å². The Bertz CT molecular complexity index is 614. The number of nitrogen functional groups attached to an aromatic ring is 1. The summed E-state index contributed by atoms with van der Waals surface area (Å²) in [6.07, 6.45) is 0. The van der Waals surface area contributed by atoms with Crippen molar-refractivity contribution in [2.75, 3.05) is 20.0 Å². The minimum atomic E-state index is 0.489. The van der Waals surface area contributed by atoms with Gasteiger partial charge in [0.2, 0.25) is 0 Å². The van der Waals surface area contributed by atoms with Gasteiger partial charge in [-0.2, -0.15) is 5.26 Å². The molecule has 18 heavy (non-hydrogen) atoms. The largest absolute Gasteiger partial charge is 0.497 e. The molecule has 92 valence electrons. The summed E-state index contributed by atoms with van der Waals surface area (Å²) < 4.78 is 10.5. The van der Waals surface area contributed by atoms with Gasteiger partial charge >= 0.3 is 0 Å². The summed E-state index contributed by atoms with van der Waals surface area (Å²) in [4.78, 5) is 0. The van der Waals surface area contributed by atoms with Crippen molar-refractivity contribution in [1.82, 2.24) is 0 Å². The second kappa shape index (κ2) is 4.98. The standard InChI is InChI=1S/C13H12N2O2S/c1-16-8-3-4-9(12(5-8)17-2)11-7-18-13(15)10(11)6-14/h3-5,7H,15H2,1-2H3. The molecule has 0 bridgehead atoms. The molecule has 0 saturated carbocycles. The van der Waals surface area contributed by atoms with Crippen molar-refractivity contribution in [3.05, 3.63) is 29.1 Å². The minimum Gasteiger partial charge on any atom is -0.497 e. The Hall–Kier alpha value is -2.19. The van der Waals surface area contributed by atoms with Crippen LogP contribution in [0.15, 0.2) is 23.6 Å². The molecule has 0 aliphatic carbocycles. The van der Waals surface area contributed by atoms with Gasteiger partial charge in [0, 0.05) is 22.6 Å². The first-order valence-electron chi connectivity index (χ1n) is 5.20. The molecule has 1 aromatic carbocycles. The van der Waals surface area contributed by atoms with Gasteiger partial charge in [-0.3, -0.25) is 0 Å². The number of anilines is 1. The van der Waals surface area contributed by atoms with Crippen molar-refractivity contribution in [2.45, 2.75) is 0 Å². The van der Waals surface area contributed by atoms with Crippen LogP contribution in [0, 0.1) is 11.3 Å². The third-order valence-corrected chi connectivity index (χ3v) is 3.44. The van der Waals surface area contributed by atoms with E-state index < -0.39 is 0 Å². The Morgan fingerprint density at radius 1 is 1.22 bits per heavy atom. The van der Waals surface area contributed by atoms with E-state index in [4.69, 9.17) is 20.5 Å². The topological polar surface area (TPSA) is 68.3 Å². The zero-order valence-electron chi connectivity index (χ0n) is 10.1. The van der Waals surface area contributed by atoms with Gasteiger partial charge in [-0.1, -0.05) is 0 Å². The highest BCUT2D eigenvalue weighted by Crippen LogP contribution is 2.39. The second-order valence-corrected chi connectivity index (χ2v) is 4.48. The SMILES string of the molecule is COc1ccc(-c2csc(N)c2C#N)c(OC)c1. The first-order valence-corrected chi connectivity index (χ1v) is 6.08. The van der Waals surface area contributed by atoms with Gasteiger partial charge in [0.15, 0.2) is 0 Å². The number of ether oxygens (including phenoxy) is 2. The number of nitrogens with two attached hydrogens (primary N) is 1. The van der Waals surface area contributed by atoms with Crippen molar-refractivity contribution in [3.63, 3.8) is 0 Å². The molecule has 1 heterocycles. The monoisotopic (exact) mass is 260 g/mol. The fourth-order valence-electron chi connectivity index (χ4n) is 1.71. The van der Waals surface area contributed by atoms with Crippen molar-refractivity contribution < 1.29 is 9.47 Å². The molecule has 0 aliphatic rings. The number of hydrogen-bond acceptors (Lipinski definition) is 5. The lowest BCUT2D eigenvalue weighted by molar-refractivity contribution is 0.395. The molecule has 0 saturated heterocycles. The van der Waals surface area contributed by atoms with Crippen LogP contribution < -0.4 is 15.2 Å². The maximum atomic E-state index is 9.12. The lowest BCUT2D eigenvalue weighted by Gasteiger charge is -2.09. The molecule has 0 aliphatic heterocycles. The van der Waals surface area contributed by atoms with Gasteiger partial charge in [-0.05, 0) is 12.1 Å². The predicted molar refractivity (Wildman–Crippen MR) is 72.0 cm³/mol. The lowest BCUT2D eigenvalue weighted by Crippen LogP contribution is -1.91. The zero-order valence-corrected chi connectivity index (χ0v) is 10.9. The fraction of sp³-hybridized carbons (Fsp3) is 0.154. The molecular formula is C13H12N2O2S. The predicted octanol–water partition coefficient (Wildman–Crippen LogP) is 2.89. The summed E-state index contributed by atoms with van der Waals surface area (Å²) in [5, 5.41) is 11.5. The number of nitriles is 1. The highest BCUT2D eigenvalue weighted by atomic mass is 32.1. The van der Waals surface area contributed by atoms with Crippen molar-refractivity contribution >= 4 is 16.3 Å². The highest BCUT2D eigenvalue weighted by Gasteiger charge is 2.15. The van der Waals surface area contributed by atoms with E-state index in [1.165, 1.54) is 11.3 Å². The van der Waals surface area contributed by atoms with Crippen LogP contribution in [0.4, 0.5) is 5.00 Å². The van der Waals surface area contributed by atoms with E-state index in [-0.39, 0.29) is 0 Å². The van der Waals surface area contributed by atoms with E-state index in [0.717, 1.165) is 11.1 Å². The third-order valence-electron chi connectivity index (χ3n) is 2.63. The number of nitrogens with zero attached hydrogens (tertiary/aromatic N) is 1. The molecule has 2 aromatic rings. The van der Waals surface area contributed by atoms with Crippen molar-refractivity contribution in [1.29, 1.82) is 5.26 Å². The van der Waals surface area contributed by atoms with Crippen molar-refractivity contribution in [3.8, 4) is 28.7 Å². The molecule has 0 amide bonds. The van der Waals surface area contributed by atoms with Crippen LogP contribution in [-0.2, 0) is 0 Å². The fourth-order valence-corrected chi connectivity index (χ4v) is 2.47. The minimum absolute atomic E-state index is 0.489. The first kappa shape index (κ1) is 12.3. The Morgan fingerprint density at radius 2 is 2.00 bits per heavy atom. The molecule has 2 N–H and O–H groups in total. The zero-order chi connectivity index (χ0) is 13.1. The molecule has 2 rings (SSSR count). The molecule has 1 aromatic heterocycles. The highest BCUT2D eigenvalue weighted by molar-refractivity contribution is 7.14. The summed E-state index contributed by atoms with van der Waals surface area (Å²) in [6, 6.07) is 7.59. The number of methoxy groups -OCH3 is 2. The molecule has 4 nitrogen and oxygen atoms in total. The van der Waals surface area contributed by atoms with Gasteiger partial charge in [0.25, 0.3) is 0 Å². The van der Waals surface area contributed by atoms with Gasteiger partial charge < -0.3 is 15.2 Å². The normalized spacial score (nSPS) is 9.83. The Balaban J connectivity index is 2.60. The summed E-state index contributed by atoms with van der Waals surface area (Å²) in [7, 11) is 3.18. The van der Waals surface area contributed by atoms with E-state index in [9.17, 15) is 0 Å². The molecule has 0 radical (unpaired) electrons. The van der Waals surface area contributed by atoms with E-state index in [2.05, 4.69) is 6.07 Å². The van der Waals surface area contributed by atoms with Crippen LogP contribution >= 0.6 is 11.3 Å². The number of thiophene rings is 1. The summed E-state index contributed by atoms with van der Waals surface area (Å²) in [5.41, 5.74) is 7.88. The number of rotatable bonds is 3. The van der Waals surface area contributed by atoms with E-state index in [1.54, 1.807) is 20.3 Å². The molecular weight excluding hydrogens is 248 g/mol. The molecule has 0 spiro atoms. The molecule has 5 heteroatoms. The maximum absolute atomic E-state index is 9.12. The third kappa shape index (κ3) is 1.98. The molecule has 0 fully saturated rings. The summed E-state index contributed by atoms with van der Waals surface area (Å²) in [6.45, 7) is 0. The maximum Gasteiger partial charge on any atom is 0.130 e. The van der Waals surface area contributed by atoms with Crippen LogP contribution in [0.25, 0.3) is 11.1 Å². The van der Waals surface area contributed by atoms with Crippen LogP contribution in [0.2, 0.25) is 0 Å². The smallest absolute Gasteiger partial charge is 0.130 e. The van der Waals surface area contributed by atoms with Crippen LogP contribution in [0.5, 0.6) is 11.5 Å². The van der Waals surface area contributed by atoms with E-state index in [0.29, 0.717) is 22.1 Å².